The zero-order valence-corrected chi connectivity index (χ0v) is 15.9. The van der Waals surface area contributed by atoms with Crippen molar-refractivity contribution in [1.29, 1.82) is 0 Å². The van der Waals surface area contributed by atoms with Crippen molar-refractivity contribution in [2.75, 3.05) is 32.8 Å². The predicted octanol–water partition coefficient (Wildman–Crippen LogP) is 1.63. The summed E-state index contributed by atoms with van der Waals surface area (Å²) in [4.78, 5) is 40.6. The maximum Gasteiger partial charge on any atom is 0.344 e. The minimum atomic E-state index is -0.478. The third kappa shape index (κ3) is 3.38. The summed E-state index contributed by atoms with van der Waals surface area (Å²) in [5.74, 6) is -0.597. The summed E-state index contributed by atoms with van der Waals surface area (Å²) in [7, 11) is 0. The van der Waals surface area contributed by atoms with Gasteiger partial charge in [0.25, 0.3) is 5.91 Å². The largest absolute Gasteiger partial charge is 0.421 e. The van der Waals surface area contributed by atoms with Gasteiger partial charge in [-0.15, -0.1) is 0 Å². The Bertz CT molecular complexity index is 876. The van der Waals surface area contributed by atoms with Crippen LogP contribution >= 0.6 is 24.0 Å². The van der Waals surface area contributed by atoms with Crippen molar-refractivity contribution in [2.45, 2.75) is 6.42 Å². The van der Waals surface area contributed by atoms with E-state index in [0.717, 1.165) is 11.8 Å². The van der Waals surface area contributed by atoms with E-state index >= 15 is 0 Å². The molecule has 7 nitrogen and oxygen atoms in total. The molecular weight excluding hydrogens is 388 g/mol. The van der Waals surface area contributed by atoms with Crippen LogP contribution in [-0.2, 0) is 19.1 Å². The van der Waals surface area contributed by atoms with Gasteiger partial charge in [-0.2, -0.15) is 0 Å². The number of morpholine rings is 1. The summed E-state index contributed by atoms with van der Waals surface area (Å²) in [6.45, 7) is 2.39. The molecule has 3 aliphatic heterocycles. The molecule has 2 fully saturated rings. The molecule has 0 spiro atoms. The van der Waals surface area contributed by atoms with Gasteiger partial charge in [-0.25, -0.2) is 4.79 Å². The molecule has 3 aliphatic rings. The van der Waals surface area contributed by atoms with Gasteiger partial charge in [0.2, 0.25) is 5.91 Å². The SMILES string of the molecule is O=C1OC(=C2SC(=S)N(CCC(=O)N3CCOCC3)C2=O)c2ccccc21. The van der Waals surface area contributed by atoms with Crippen LogP contribution in [0.5, 0.6) is 0 Å². The maximum absolute atomic E-state index is 12.8. The summed E-state index contributed by atoms with van der Waals surface area (Å²) in [6.07, 6.45) is 0.186. The highest BCUT2D eigenvalue weighted by molar-refractivity contribution is 8.26. The van der Waals surface area contributed by atoms with Crippen molar-refractivity contribution in [1.82, 2.24) is 9.80 Å². The molecule has 0 bridgehead atoms. The molecule has 0 N–H and O–H groups in total. The Kier molecular flexibility index (Phi) is 4.98. The summed E-state index contributed by atoms with van der Waals surface area (Å²) in [5.41, 5.74) is 1.02. The van der Waals surface area contributed by atoms with E-state index in [1.165, 1.54) is 4.90 Å². The number of ether oxygens (including phenoxy) is 2. The van der Waals surface area contributed by atoms with Crippen molar-refractivity contribution in [3.63, 3.8) is 0 Å². The van der Waals surface area contributed by atoms with Gasteiger partial charge >= 0.3 is 5.97 Å². The second-order valence-electron chi connectivity index (χ2n) is 6.16. The van der Waals surface area contributed by atoms with E-state index < -0.39 is 5.97 Å². The number of esters is 1. The van der Waals surface area contributed by atoms with Crippen LogP contribution < -0.4 is 0 Å². The number of fused-ring (bicyclic) bond motifs is 1. The van der Waals surface area contributed by atoms with Gasteiger partial charge in [-0.05, 0) is 6.07 Å². The molecule has 2 amide bonds. The van der Waals surface area contributed by atoms with Crippen LogP contribution in [0.15, 0.2) is 29.2 Å². The fraction of sp³-hybridized carbons (Fsp3) is 0.333. The quantitative estimate of drug-likeness (QED) is 0.431. The van der Waals surface area contributed by atoms with Crippen LogP contribution in [0.3, 0.4) is 0 Å². The number of amides is 2. The number of hydrogen-bond acceptors (Lipinski definition) is 7. The van der Waals surface area contributed by atoms with Crippen LogP contribution in [0, 0.1) is 0 Å². The topological polar surface area (TPSA) is 76.2 Å². The number of thiocarbonyl (C=S) groups is 1. The number of rotatable bonds is 3. The highest BCUT2D eigenvalue weighted by atomic mass is 32.2. The molecular formula is C18H16N2O5S2. The van der Waals surface area contributed by atoms with Crippen molar-refractivity contribution in [3.8, 4) is 0 Å². The Balaban J connectivity index is 1.50. The lowest BCUT2D eigenvalue weighted by molar-refractivity contribution is -0.135. The van der Waals surface area contributed by atoms with Crippen molar-refractivity contribution in [3.05, 3.63) is 40.3 Å². The minimum Gasteiger partial charge on any atom is -0.421 e. The number of nitrogens with zero attached hydrogens (tertiary/aromatic N) is 2. The second kappa shape index (κ2) is 7.41. The van der Waals surface area contributed by atoms with Crippen molar-refractivity contribution in [2.24, 2.45) is 0 Å². The Morgan fingerprint density at radius 3 is 2.59 bits per heavy atom. The first-order chi connectivity index (χ1) is 13.1. The number of cyclic esters (lactones) is 1. The van der Waals surface area contributed by atoms with E-state index in [4.69, 9.17) is 21.7 Å². The van der Waals surface area contributed by atoms with Crippen LogP contribution in [-0.4, -0.2) is 64.8 Å². The van der Waals surface area contributed by atoms with Gasteiger partial charge in [0.1, 0.15) is 9.23 Å². The van der Waals surface area contributed by atoms with Crippen molar-refractivity contribution >= 4 is 51.8 Å². The minimum absolute atomic E-state index is 0.0300. The van der Waals surface area contributed by atoms with Gasteiger partial charge in [0.05, 0.1) is 18.8 Å². The van der Waals surface area contributed by atoms with Gasteiger partial charge in [0.15, 0.2) is 5.76 Å². The van der Waals surface area contributed by atoms with Crippen LogP contribution in [0.2, 0.25) is 0 Å². The Labute approximate surface area is 165 Å². The Morgan fingerprint density at radius 1 is 1.15 bits per heavy atom. The van der Waals surface area contributed by atoms with E-state index in [9.17, 15) is 14.4 Å². The fourth-order valence-corrected chi connectivity index (χ4v) is 4.46. The molecule has 9 heteroatoms. The highest BCUT2D eigenvalue weighted by Crippen LogP contribution is 2.41. The van der Waals surface area contributed by atoms with Gasteiger partial charge < -0.3 is 14.4 Å². The van der Waals surface area contributed by atoms with Crippen LogP contribution in [0.1, 0.15) is 22.3 Å². The summed E-state index contributed by atoms with van der Waals surface area (Å²) in [5, 5.41) is 0. The molecule has 0 aliphatic carbocycles. The van der Waals surface area contributed by atoms with Gasteiger partial charge in [0, 0.05) is 31.6 Å². The highest BCUT2D eigenvalue weighted by Gasteiger charge is 2.39. The summed E-state index contributed by atoms with van der Waals surface area (Å²) < 4.78 is 10.9. The van der Waals surface area contributed by atoms with Crippen LogP contribution in [0.4, 0.5) is 0 Å². The monoisotopic (exact) mass is 404 g/mol. The molecule has 3 heterocycles. The molecule has 0 aromatic heterocycles. The number of thioether (sulfide) groups is 1. The Hall–Kier alpha value is -2.23. The molecule has 0 radical (unpaired) electrons. The molecule has 140 valence electrons. The fourth-order valence-electron chi connectivity index (χ4n) is 3.14. The molecule has 0 atom stereocenters. The van der Waals surface area contributed by atoms with E-state index in [0.29, 0.717) is 41.8 Å². The number of benzene rings is 1. The molecule has 1 aromatic rings. The van der Waals surface area contributed by atoms with Crippen molar-refractivity contribution < 1.29 is 23.9 Å². The molecule has 0 saturated carbocycles. The summed E-state index contributed by atoms with van der Waals surface area (Å²) in [6, 6.07) is 6.92. The third-order valence-corrected chi connectivity index (χ3v) is 5.98. The number of hydrogen-bond donors (Lipinski definition) is 0. The molecule has 4 rings (SSSR count). The zero-order chi connectivity index (χ0) is 19.0. The third-order valence-electron chi connectivity index (χ3n) is 4.55. The van der Waals surface area contributed by atoms with E-state index in [1.54, 1.807) is 29.2 Å². The molecule has 0 unspecified atom stereocenters. The molecule has 27 heavy (non-hydrogen) atoms. The second-order valence-corrected chi connectivity index (χ2v) is 7.81. The predicted molar refractivity (Wildman–Crippen MR) is 103 cm³/mol. The van der Waals surface area contributed by atoms with Gasteiger partial charge in [-0.3, -0.25) is 14.5 Å². The Morgan fingerprint density at radius 2 is 1.85 bits per heavy atom. The lowest BCUT2D eigenvalue weighted by Gasteiger charge is -2.27. The molecule has 2 saturated heterocycles. The first-order valence-corrected chi connectivity index (χ1v) is 9.74. The average molecular weight is 404 g/mol. The maximum atomic E-state index is 12.8. The average Bonchev–Trinajstić information content (AvgIpc) is 3.17. The van der Waals surface area contributed by atoms with E-state index in [2.05, 4.69) is 0 Å². The normalized spacial score (nSPS) is 22.3. The van der Waals surface area contributed by atoms with E-state index in [1.807, 2.05) is 0 Å². The van der Waals surface area contributed by atoms with Crippen LogP contribution in [0.25, 0.3) is 5.76 Å². The summed E-state index contributed by atoms with van der Waals surface area (Å²) >= 11 is 6.41. The zero-order valence-electron chi connectivity index (χ0n) is 14.3. The lowest BCUT2D eigenvalue weighted by atomic mass is 10.1. The number of carbonyl (C=O) groups is 3. The smallest absolute Gasteiger partial charge is 0.344 e. The first kappa shape index (κ1) is 18.1. The lowest BCUT2D eigenvalue weighted by Crippen LogP contribution is -2.42. The standard InChI is InChI=1S/C18H16N2O5S2/c21-13(19-7-9-24-10-8-19)5-6-20-16(22)15(27-18(20)26)14-11-3-1-2-4-12(11)17(23)25-14/h1-4H,5-10H2. The number of carbonyl (C=O) groups excluding carboxylic acids is 3. The van der Waals surface area contributed by atoms with Gasteiger partial charge in [-0.1, -0.05) is 42.2 Å². The molecule has 1 aromatic carbocycles. The first-order valence-electron chi connectivity index (χ1n) is 8.51. The van der Waals surface area contributed by atoms with E-state index in [-0.39, 0.29) is 35.4 Å².